The first kappa shape index (κ1) is 17.1. The lowest BCUT2D eigenvalue weighted by Crippen LogP contribution is -2.33. The van der Waals surface area contributed by atoms with Gasteiger partial charge in [-0.3, -0.25) is 9.48 Å². The van der Waals surface area contributed by atoms with E-state index in [0.29, 0.717) is 12.1 Å². The second kappa shape index (κ2) is 6.86. The van der Waals surface area contributed by atoms with E-state index < -0.39 is 23.4 Å². The summed E-state index contributed by atoms with van der Waals surface area (Å²) < 4.78 is 44.6. The molecule has 126 valence electrons. The maximum atomic E-state index is 12.8. The Bertz CT molecular complexity index is 664. The van der Waals surface area contributed by atoms with Gasteiger partial charge in [0, 0.05) is 31.4 Å². The molecule has 0 aromatic carbocycles. The number of amides is 1. The molecule has 0 spiro atoms. The summed E-state index contributed by atoms with van der Waals surface area (Å²) in [6.07, 6.45) is -0.715. The molecule has 0 unspecified atom stereocenters. The van der Waals surface area contributed by atoms with Gasteiger partial charge in [0.15, 0.2) is 0 Å². The first-order valence-corrected chi connectivity index (χ1v) is 6.93. The van der Waals surface area contributed by atoms with Gasteiger partial charge in [-0.15, -0.1) is 0 Å². The fraction of sp³-hybridized carbons (Fsp3) is 0.429. The van der Waals surface area contributed by atoms with Crippen molar-refractivity contribution < 1.29 is 27.5 Å². The van der Waals surface area contributed by atoms with Gasteiger partial charge in [-0.05, 0) is 13.0 Å². The Morgan fingerprint density at radius 2 is 2.22 bits per heavy atom. The van der Waals surface area contributed by atoms with Crippen LogP contribution in [0.2, 0.25) is 0 Å². The number of carbonyl (C=O) groups is 1. The number of nitrogens with zero attached hydrogens (tertiary/aromatic N) is 3. The van der Waals surface area contributed by atoms with E-state index in [4.69, 9.17) is 5.11 Å². The lowest BCUT2D eigenvalue weighted by molar-refractivity contribution is -0.153. The molecule has 0 fully saturated rings. The summed E-state index contributed by atoms with van der Waals surface area (Å²) >= 11 is 0. The first-order chi connectivity index (χ1) is 10.9. The SMILES string of the molecule is CCn1cc(CN(CCO)C(=O)c2ccoc2C(F)(F)F)cn1. The highest BCUT2D eigenvalue weighted by Gasteiger charge is 2.40. The summed E-state index contributed by atoms with van der Waals surface area (Å²) in [4.78, 5) is 13.5. The van der Waals surface area contributed by atoms with Crippen LogP contribution in [0.5, 0.6) is 0 Å². The zero-order chi connectivity index (χ0) is 17.0. The minimum absolute atomic E-state index is 0.0435. The Hall–Kier alpha value is -2.29. The number of aliphatic hydroxyl groups excluding tert-OH is 1. The van der Waals surface area contributed by atoms with Crippen molar-refractivity contribution in [3.8, 4) is 0 Å². The Morgan fingerprint density at radius 1 is 1.48 bits per heavy atom. The van der Waals surface area contributed by atoms with Crippen LogP contribution in [0.15, 0.2) is 29.1 Å². The predicted molar refractivity (Wildman–Crippen MR) is 73.4 cm³/mol. The van der Waals surface area contributed by atoms with Crippen LogP contribution < -0.4 is 0 Å². The summed E-state index contributed by atoms with van der Waals surface area (Å²) in [6.45, 7) is 2.09. The predicted octanol–water partition coefficient (Wildman–Crippen LogP) is 2.15. The molecule has 23 heavy (non-hydrogen) atoms. The van der Waals surface area contributed by atoms with E-state index >= 15 is 0 Å². The van der Waals surface area contributed by atoms with E-state index in [2.05, 4.69) is 9.52 Å². The van der Waals surface area contributed by atoms with Crippen molar-refractivity contribution in [3.05, 3.63) is 41.6 Å². The molecule has 0 aliphatic carbocycles. The third-order valence-corrected chi connectivity index (χ3v) is 3.19. The molecule has 0 aliphatic rings. The van der Waals surface area contributed by atoms with Gasteiger partial charge in [-0.1, -0.05) is 0 Å². The maximum Gasteiger partial charge on any atom is 0.450 e. The Labute approximate surface area is 130 Å². The normalized spacial score (nSPS) is 11.7. The topological polar surface area (TPSA) is 71.5 Å². The van der Waals surface area contributed by atoms with Crippen molar-refractivity contribution in [3.63, 3.8) is 0 Å². The first-order valence-electron chi connectivity index (χ1n) is 6.93. The molecule has 0 saturated carbocycles. The fourth-order valence-electron chi connectivity index (χ4n) is 2.12. The largest absolute Gasteiger partial charge is 0.459 e. The summed E-state index contributed by atoms with van der Waals surface area (Å²) in [7, 11) is 0. The van der Waals surface area contributed by atoms with Crippen molar-refractivity contribution in [2.75, 3.05) is 13.2 Å². The number of rotatable bonds is 6. The van der Waals surface area contributed by atoms with Crippen LogP contribution in [0.25, 0.3) is 0 Å². The Morgan fingerprint density at radius 3 is 2.78 bits per heavy atom. The highest BCUT2D eigenvalue weighted by atomic mass is 19.4. The van der Waals surface area contributed by atoms with Gasteiger partial charge in [0.25, 0.3) is 5.91 Å². The van der Waals surface area contributed by atoms with Crippen molar-refractivity contribution in [1.29, 1.82) is 0 Å². The molecule has 2 aromatic heterocycles. The Balaban J connectivity index is 2.23. The highest BCUT2D eigenvalue weighted by Crippen LogP contribution is 2.33. The average Bonchev–Trinajstić information content (AvgIpc) is 3.14. The van der Waals surface area contributed by atoms with Crippen LogP contribution in [0.4, 0.5) is 13.2 Å². The summed E-state index contributed by atoms with van der Waals surface area (Å²) in [6, 6.07) is 0.977. The maximum absolute atomic E-state index is 12.8. The lowest BCUT2D eigenvalue weighted by Gasteiger charge is -2.21. The molecule has 9 heteroatoms. The van der Waals surface area contributed by atoms with Crippen molar-refractivity contribution in [1.82, 2.24) is 14.7 Å². The van der Waals surface area contributed by atoms with Gasteiger partial charge in [0.1, 0.15) is 0 Å². The van der Waals surface area contributed by atoms with Crippen LogP contribution in [0.1, 0.15) is 28.6 Å². The average molecular weight is 331 g/mol. The van der Waals surface area contributed by atoms with E-state index in [9.17, 15) is 18.0 Å². The zero-order valence-electron chi connectivity index (χ0n) is 12.4. The Kier molecular flexibility index (Phi) is 5.09. The number of aliphatic hydroxyl groups is 1. The quantitative estimate of drug-likeness (QED) is 0.880. The van der Waals surface area contributed by atoms with E-state index in [0.717, 1.165) is 17.2 Å². The van der Waals surface area contributed by atoms with Gasteiger partial charge in [-0.25, -0.2) is 0 Å². The number of hydrogen-bond donors (Lipinski definition) is 1. The standard InChI is InChI=1S/C14H16F3N3O3/c1-2-20-9-10(7-18-20)8-19(4-5-21)13(22)11-3-6-23-12(11)14(15,16)17/h3,6-7,9,21H,2,4-5,8H2,1H3. The molecular formula is C14H16F3N3O3. The number of aromatic nitrogens is 2. The zero-order valence-corrected chi connectivity index (χ0v) is 12.4. The third-order valence-electron chi connectivity index (χ3n) is 3.19. The molecule has 0 atom stereocenters. The van der Waals surface area contributed by atoms with E-state index in [-0.39, 0.29) is 19.7 Å². The van der Waals surface area contributed by atoms with Crippen LogP contribution in [-0.2, 0) is 19.3 Å². The fourth-order valence-corrected chi connectivity index (χ4v) is 2.12. The van der Waals surface area contributed by atoms with Gasteiger partial charge in [-0.2, -0.15) is 18.3 Å². The minimum Gasteiger partial charge on any atom is -0.459 e. The summed E-state index contributed by atoms with van der Waals surface area (Å²) in [5.41, 5.74) is 0.0829. The van der Waals surface area contributed by atoms with E-state index in [1.807, 2.05) is 6.92 Å². The van der Waals surface area contributed by atoms with E-state index in [1.54, 1.807) is 10.9 Å². The van der Waals surface area contributed by atoms with Gasteiger partial charge < -0.3 is 14.4 Å². The summed E-state index contributed by atoms with van der Waals surface area (Å²) in [5.74, 6) is -2.20. The minimum atomic E-state index is -4.76. The smallest absolute Gasteiger partial charge is 0.450 e. The highest BCUT2D eigenvalue weighted by molar-refractivity contribution is 5.95. The molecular weight excluding hydrogens is 315 g/mol. The number of halogens is 3. The molecule has 0 radical (unpaired) electrons. The van der Waals surface area contributed by atoms with Crippen LogP contribution >= 0.6 is 0 Å². The number of furan rings is 1. The number of hydrogen-bond acceptors (Lipinski definition) is 4. The number of alkyl halides is 3. The lowest BCUT2D eigenvalue weighted by atomic mass is 10.2. The molecule has 0 aliphatic heterocycles. The molecule has 6 nitrogen and oxygen atoms in total. The van der Waals surface area contributed by atoms with Gasteiger partial charge in [0.05, 0.1) is 24.6 Å². The van der Waals surface area contributed by atoms with Crippen LogP contribution in [-0.4, -0.2) is 38.8 Å². The van der Waals surface area contributed by atoms with E-state index in [1.165, 1.54) is 6.20 Å². The van der Waals surface area contributed by atoms with Crippen molar-refractivity contribution in [2.24, 2.45) is 0 Å². The summed E-state index contributed by atoms with van der Waals surface area (Å²) in [5, 5.41) is 13.1. The molecule has 2 heterocycles. The molecule has 2 rings (SSSR count). The van der Waals surface area contributed by atoms with Gasteiger partial charge >= 0.3 is 6.18 Å². The molecule has 0 saturated heterocycles. The second-order valence-electron chi connectivity index (χ2n) is 4.82. The molecule has 1 amide bonds. The van der Waals surface area contributed by atoms with Crippen LogP contribution in [0.3, 0.4) is 0 Å². The second-order valence-corrected chi connectivity index (χ2v) is 4.82. The van der Waals surface area contributed by atoms with Crippen molar-refractivity contribution >= 4 is 5.91 Å². The molecule has 0 bridgehead atoms. The molecule has 1 N–H and O–H groups in total. The van der Waals surface area contributed by atoms with Crippen molar-refractivity contribution in [2.45, 2.75) is 26.2 Å². The van der Waals surface area contributed by atoms with Gasteiger partial charge in [0.2, 0.25) is 5.76 Å². The number of carbonyl (C=O) groups excluding carboxylic acids is 1. The third kappa shape index (κ3) is 3.92. The monoisotopic (exact) mass is 331 g/mol. The number of aryl methyl sites for hydroxylation is 1. The molecule has 2 aromatic rings. The van der Waals surface area contributed by atoms with Crippen LogP contribution in [0, 0.1) is 0 Å².